The van der Waals surface area contributed by atoms with Gasteiger partial charge in [0.25, 0.3) is 0 Å². The molecule has 0 heterocycles. The van der Waals surface area contributed by atoms with Crippen LogP contribution in [0.3, 0.4) is 0 Å². The first-order valence-corrected chi connectivity index (χ1v) is 6.29. The highest BCUT2D eigenvalue weighted by atomic mass is 31.2. The molecule has 4 nitrogen and oxygen atoms in total. The van der Waals surface area contributed by atoms with Gasteiger partial charge in [0.15, 0.2) is 0 Å². The second-order valence-corrected chi connectivity index (χ2v) is 5.51. The minimum atomic E-state index is -4.17. The van der Waals surface area contributed by atoms with Gasteiger partial charge in [-0.15, -0.1) is 0 Å². The summed E-state index contributed by atoms with van der Waals surface area (Å²) in [5, 5.41) is 2.31. The molecule has 1 aromatic rings. The second-order valence-electron chi connectivity index (χ2n) is 4.20. The summed E-state index contributed by atoms with van der Waals surface area (Å²) < 4.78 is 10.8. The van der Waals surface area contributed by atoms with E-state index in [1.54, 1.807) is 13.8 Å². The first-order chi connectivity index (χ1) is 6.79. The number of benzene rings is 1. The predicted octanol–water partition coefficient (Wildman–Crippen LogP) is 1.69. The first-order valence-electron chi connectivity index (χ1n) is 4.67. The molecule has 0 atom stereocenters. The quantitative estimate of drug-likeness (QED) is 0.687. The lowest BCUT2D eigenvalue weighted by Crippen LogP contribution is -2.38. The zero-order chi connectivity index (χ0) is 11.5. The van der Waals surface area contributed by atoms with E-state index in [4.69, 9.17) is 9.79 Å². The Labute approximate surface area is 89.5 Å². The van der Waals surface area contributed by atoms with E-state index >= 15 is 0 Å². The van der Waals surface area contributed by atoms with Crippen LogP contribution in [-0.4, -0.2) is 15.3 Å². The third-order valence-corrected chi connectivity index (χ3v) is 2.83. The molecule has 5 heteroatoms. The summed E-state index contributed by atoms with van der Waals surface area (Å²) in [4.78, 5) is 17.7. The molecule has 0 amide bonds. The molecule has 3 N–H and O–H groups in total. The first kappa shape index (κ1) is 12.4. The fraction of sp³-hybridized carbons (Fsp3) is 0.400. The Morgan fingerprint density at radius 2 is 1.80 bits per heavy atom. The minimum Gasteiger partial charge on any atom is -0.313 e. The van der Waals surface area contributed by atoms with Gasteiger partial charge in [0.1, 0.15) is 0 Å². The van der Waals surface area contributed by atoms with Crippen LogP contribution in [0.1, 0.15) is 19.4 Å². The molecule has 15 heavy (non-hydrogen) atoms. The SMILES string of the molecule is CC(C)(Cc1ccccc1)NP(=O)(O)O. The van der Waals surface area contributed by atoms with Crippen LogP contribution >= 0.6 is 7.75 Å². The van der Waals surface area contributed by atoms with Crippen molar-refractivity contribution in [2.24, 2.45) is 0 Å². The molecule has 1 rings (SSSR count). The van der Waals surface area contributed by atoms with Crippen molar-refractivity contribution in [3.05, 3.63) is 35.9 Å². The monoisotopic (exact) mass is 229 g/mol. The van der Waals surface area contributed by atoms with Crippen molar-refractivity contribution in [3.63, 3.8) is 0 Å². The molecule has 0 saturated carbocycles. The van der Waals surface area contributed by atoms with Crippen LogP contribution < -0.4 is 5.09 Å². The molecule has 0 aliphatic carbocycles. The Kier molecular flexibility index (Phi) is 3.68. The van der Waals surface area contributed by atoms with Crippen LogP contribution in [0.15, 0.2) is 30.3 Å². The van der Waals surface area contributed by atoms with Crippen molar-refractivity contribution in [2.75, 3.05) is 0 Å². The van der Waals surface area contributed by atoms with Gasteiger partial charge in [-0.05, 0) is 25.8 Å². The standard InChI is InChI=1S/C10H16NO3P/c1-10(2,11-15(12,13)14)8-9-6-4-3-5-7-9/h3-7H,8H2,1-2H3,(H3,11,12,13,14). The van der Waals surface area contributed by atoms with Gasteiger partial charge in [0, 0.05) is 5.54 Å². The predicted molar refractivity (Wildman–Crippen MR) is 59.4 cm³/mol. The van der Waals surface area contributed by atoms with E-state index in [1.165, 1.54) is 0 Å². The highest BCUT2D eigenvalue weighted by Gasteiger charge is 2.26. The number of hydrogen-bond donors (Lipinski definition) is 3. The van der Waals surface area contributed by atoms with Crippen LogP contribution in [0.5, 0.6) is 0 Å². The van der Waals surface area contributed by atoms with E-state index in [0.717, 1.165) is 5.56 Å². The number of rotatable bonds is 4. The van der Waals surface area contributed by atoms with Gasteiger partial charge in [-0.2, -0.15) is 0 Å². The number of nitrogens with one attached hydrogen (secondary N) is 1. The fourth-order valence-electron chi connectivity index (χ4n) is 1.54. The summed E-state index contributed by atoms with van der Waals surface area (Å²) in [7, 11) is -4.17. The number of hydrogen-bond acceptors (Lipinski definition) is 1. The maximum absolute atomic E-state index is 10.8. The molecule has 0 aliphatic rings. The lowest BCUT2D eigenvalue weighted by Gasteiger charge is -2.26. The van der Waals surface area contributed by atoms with E-state index in [1.807, 2.05) is 30.3 Å². The van der Waals surface area contributed by atoms with Crippen LogP contribution in [0.4, 0.5) is 0 Å². The summed E-state index contributed by atoms with van der Waals surface area (Å²) >= 11 is 0. The molecular weight excluding hydrogens is 213 g/mol. The van der Waals surface area contributed by atoms with Crippen molar-refractivity contribution in [1.29, 1.82) is 0 Å². The van der Waals surface area contributed by atoms with Gasteiger partial charge in [-0.3, -0.25) is 0 Å². The van der Waals surface area contributed by atoms with Crippen LogP contribution in [0.2, 0.25) is 0 Å². The lowest BCUT2D eigenvalue weighted by molar-refractivity contribution is 0.323. The van der Waals surface area contributed by atoms with Crippen molar-refractivity contribution < 1.29 is 14.4 Å². The fourth-order valence-corrected chi connectivity index (χ4v) is 2.41. The zero-order valence-electron chi connectivity index (χ0n) is 8.84. The molecule has 0 radical (unpaired) electrons. The van der Waals surface area contributed by atoms with Gasteiger partial charge in [-0.1, -0.05) is 30.3 Å². The highest BCUT2D eigenvalue weighted by Crippen LogP contribution is 2.33. The molecule has 0 bridgehead atoms. The van der Waals surface area contributed by atoms with E-state index in [0.29, 0.717) is 6.42 Å². The molecule has 0 unspecified atom stereocenters. The average molecular weight is 229 g/mol. The van der Waals surface area contributed by atoms with Crippen molar-refractivity contribution in [1.82, 2.24) is 5.09 Å². The summed E-state index contributed by atoms with van der Waals surface area (Å²) in [5.74, 6) is 0. The zero-order valence-corrected chi connectivity index (χ0v) is 9.74. The van der Waals surface area contributed by atoms with E-state index in [2.05, 4.69) is 5.09 Å². The molecule has 0 aliphatic heterocycles. The lowest BCUT2D eigenvalue weighted by atomic mass is 9.96. The largest absolute Gasteiger partial charge is 0.400 e. The average Bonchev–Trinajstić information content (AvgIpc) is 1.99. The maximum Gasteiger partial charge on any atom is 0.400 e. The summed E-state index contributed by atoms with van der Waals surface area (Å²) in [6.45, 7) is 3.53. The Balaban J connectivity index is 2.69. The normalized spacial score (nSPS) is 12.8. The molecule has 0 aromatic heterocycles. The maximum atomic E-state index is 10.8. The molecule has 0 saturated heterocycles. The molecule has 0 spiro atoms. The van der Waals surface area contributed by atoms with Gasteiger partial charge in [0.2, 0.25) is 0 Å². The second kappa shape index (κ2) is 4.45. The van der Waals surface area contributed by atoms with Crippen LogP contribution in [0.25, 0.3) is 0 Å². The van der Waals surface area contributed by atoms with Crippen molar-refractivity contribution >= 4 is 7.75 Å². The minimum absolute atomic E-state index is 0.568. The van der Waals surface area contributed by atoms with Crippen LogP contribution in [0, 0.1) is 0 Å². The smallest absolute Gasteiger partial charge is 0.313 e. The Morgan fingerprint density at radius 1 is 1.27 bits per heavy atom. The third-order valence-electron chi connectivity index (χ3n) is 1.94. The van der Waals surface area contributed by atoms with Gasteiger partial charge < -0.3 is 9.79 Å². The highest BCUT2D eigenvalue weighted by molar-refractivity contribution is 7.49. The van der Waals surface area contributed by atoms with E-state index < -0.39 is 13.3 Å². The Hall–Kier alpha value is -0.670. The van der Waals surface area contributed by atoms with Gasteiger partial charge >= 0.3 is 7.75 Å². The topological polar surface area (TPSA) is 69.6 Å². The Bertz CT molecular complexity index is 358. The van der Waals surface area contributed by atoms with Gasteiger partial charge in [0.05, 0.1) is 0 Å². The van der Waals surface area contributed by atoms with Crippen LogP contribution in [-0.2, 0) is 11.0 Å². The summed E-state index contributed by atoms with van der Waals surface area (Å²) in [6.07, 6.45) is 0.568. The molecular formula is C10H16NO3P. The molecule has 1 aromatic carbocycles. The van der Waals surface area contributed by atoms with E-state index in [9.17, 15) is 4.57 Å². The van der Waals surface area contributed by atoms with E-state index in [-0.39, 0.29) is 0 Å². The molecule has 84 valence electrons. The van der Waals surface area contributed by atoms with Crippen molar-refractivity contribution in [2.45, 2.75) is 25.8 Å². The summed E-state index contributed by atoms with van der Waals surface area (Å²) in [6, 6.07) is 9.59. The van der Waals surface area contributed by atoms with Gasteiger partial charge in [-0.25, -0.2) is 9.65 Å². The summed E-state index contributed by atoms with van der Waals surface area (Å²) in [5.41, 5.74) is 0.420. The molecule has 0 fully saturated rings. The Morgan fingerprint density at radius 3 is 2.27 bits per heavy atom. The third kappa shape index (κ3) is 5.09. The van der Waals surface area contributed by atoms with Crippen molar-refractivity contribution in [3.8, 4) is 0 Å².